The van der Waals surface area contributed by atoms with Gasteiger partial charge in [-0.3, -0.25) is 0 Å². The van der Waals surface area contributed by atoms with E-state index in [9.17, 15) is 0 Å². The van der Waals surface area contributed by atoms with E-state index in [-0.39, 0.29) is 5.41 Å². The molecule has 0 radical (unpaired) electrons. The molecule has 1 nitrogen and oxygen atoms in total. The Morgan fingerprint density at radius 1 is 0.273 bits per heavy atom. The monoisotopic (exact) mass is 841 g/mol. The van der Waals surface area contributed by atoms with Crippen LogP contribution in [0.4, 0.5) is 17.1 Å². The van der Waals surface area contributed by atoms with Crippen molar-refractivity contribution in [2.45, 2.75) is 19.3 Å². The Balaban J connectivity index is 0.944. The summed E-state index contributed by atoms with van der Waals surface area (Å²) in [5.41, 5.74) is 20.9. The minimum absolute atomic E-state index is 0.0674. The first-order chi connectivity index (χ1) is 32.5. The summed E-state index contributed by atoms with van der Waals surface area (Å²) < 4.78 is 0. The summed E-state index contributed by atoms with van der Waals surface area (Å²) in [7, 11) is 0. The molecule has 0 amide bonds. The lowest BCUT2D eigenvalue weighted by atomic mass is 9.81. The number of hydrogen-bond donors (Lipinski definition) is 0. The van der Waals surface area contributed by atoms with Crippen molar-refractivity contribution in [3.63, 3.8) is 0 Å². The summed E-state index contributed by atoms with van der Waals surface area (Å²) in [6, 6.07) is 91.3. The summed E-state index contributed by atoms with van der Waals surface area (Å²) in [4.78, 5) is 2.37. The molecule has 1 aliphatic rings. The molecular formula is C65H47N. The van der Waals surface area contributed by atoms with Crippen molar-refractivity contribution in [3.8, 4) is 66.8 Å². The van der Waals surface area contributed by atoms with Gasteiger partial charge in [-0.05, 0) is 142 Å². The largest absolute Gasteiger partial charge is 0.311 e. The van der Waals surface area contributed by atoms with E-state index in [2.05, 4.69) is 267 Å². The predicted octanol–water partition coefficient (Wildman–Crippen LogP) is 18.1. The number of benzene rings is 11. The van der Waals surface area contributed by atoms with Crippen LogP contribution < -0.4 is 4.90 Å². The fourth-order valence-electron chi connectivity index (χ4n) is 10.6. The molecule has 0 aliphatic heterocycles. The summed E-state index contributed by atoms with van der Waals surface area (Å²) in [5.74, 6) is 0. The van der Waals surface area contributed by atoms with E-state index < -0.39 is 0 Å². The maximum Gasteiger partial charge on any atom is 0.0462 e. The van der Waals surface area contributed by atoms with Crippen molar-refractivity contribution in [1.29, 1.82) is 0 Å². The van der Waals surface area contributed by atoms with E-state index in [0.717, 1.165) is 17.1 Å². The lowest BCUT2D eigenvalue weighted by Crippen LogP contribution is -2.14. The van der Waals surface area contributed by atoms with E-state index in [1.165, 1.54) is 99.4 Å². The molecule has 0 unspecified atom stereocenters. The van der Waals surface area contributed by atoms with Gasteiger partial charge in [0.15, 0.2) is 0 Å². The summed E-state index contributed by atoms with van der Waals surface area (Å²) in [6.07, 6.45) is 0. The third-order valence-corrected chi connectivity index (χ3v) is 13.9. The predicted molar refractivity (Wildman–Crippen MR) is 281 cm³/mol. The first kappa shape index (κ1) is 39.3. The van der Waals surface area contributed by atoms with Gasteiger partial charge in [0.1, 0.15) is 0 Å². The van der Waals surface area contributed by atoms with Crippen LogP contribution in [-0.2, 0) is 5.41 Å². The second-order valence-electron chi connectivity index (χ2n) is 18.1. The van der Waals surface area contributed by atoms with Gasteiger partial charge in [-0.25, -0.2) is 0 Å². The smallest absolute Gasteiger partial charge is 0.0462 e. The van der Waals surface area contributed by atoms with Gasteiger partial charge in [0.25, 0.3) is 0 Å². The summed E-state index contributed by atoms with van der Waals surface area (Å²) >= 11 is 0. The molecular weight excluding hydrogens is 795 g/mol. The highest BCUT2D eigenvalue weighted by atomic mass is 15.1. The summed E-state index contributed by atoms with van der Waals surface area (Å²) in [6.45, 7) is 4.71. The summed E-state index contributed by atoms with van der Waals surface area (Å²) in [5, 5.41) is 5.01. The molecule has 0 saturated carbocycles. The molecule has 11 aromatic carbocycles. The van der Waals surface area contributed by atoms with Gasteiger partial charge in [0.05, 0.1) is 0 Å². The molecule has 0 N–H and O–H groups in total. The molecule has 11 aromatic rings. The zero-order valence-electron chi connectivity index (χ0n) is 37.1. The second kappa shape index (κ2) is 16.1. The molecule has 312 valence electrons. The van der Waals surface area contributed by atoms with Gasteiger partial charge >= 0.3 is 0 Å². The van der Waals surface area contributed by atoms with Gasteiger partial charge in [0, 0.05) is 22.5 Å². The maximum absolute atomic E-state index is 2.39. The third kappa shape index (κ3) is 6.71. The SMILES string of the molecule is CC1(C)c2ccccc2-c2c(-c3ccc(-c4ccc(N(c5ccc(-c6cccc7ccccc67)cc5)c5ccc(-c6cccc7ccccc67)cc5)cc4)cc3-c3ccccc3)cccc21. The van der Waals surface area contributed by atoms with E-state index >= 15 is 0 Å². The molecule has 66 heavy (non-hydrogen) atoms. The zero-order valence-corrected chi connectivity index (χ0v) is 37.1. The molecule has 0 saturated heterocycles. The molecule has 0 aromatic heterocycles. The highest BCUT2D eigenvalue weighted by molar-refractivity contribution is 6.00. The van der Waals surface area contributed by atoms with Gasteiger partial charge in [-0.1, -0.05) is 220 Å². The van der Waals surface area contributed by atoms with E-state index in [1.54, 1.807) is 0 Å². The van der Waals surface area contributed by atoms with E-state index in [1.807, 2.05) is 0 Å². The molecule has 0 heterocycles. The number of hydrogen-bond acceptors (Lipinski definition) is 1. The second-order valence-corrected chi connectivity index (χ2v) is 18.1. The Morgan fingerprint density at radius 2 is 0.697 bits per heavy atom. The lowest BCUT2D eigenvalue weighted by molar-refractivity contribution is 0.660. The lowest BCUT2D eigenvalue weighted by Gasteiger charge is -2.26. The van der Waals surface area contributed by atoms with Crippen molar-refractivity contribution < 1.29 is 0 Å². The molecule has 0 fully saturated rings. The Kier molecular flexibility index (Phi) is 9.58. The average molecular weight is 842 g/mol. The molecule has 1 aliphatic carbocycles. The highest BCUT2D eigenvalue weighted by Crippen LogP contribution is 2.53. The van der Waals surface area contributed by atoms with Gasteiger partial charge < -0.3 is 4.90 Å². The molecule has 12 rings (SSSR count). The van der Waals surface area contributed by atoms with Gasteiger partial charge in [0.2, 0.25) is 0 Å². The van der Waals surface area contributed by atoms with Gasteiger partial charge in [-0.2, -0.15) is 0 Å². The fraction of sp³-hybridized carbons (Fsp3) is 0.0462. The van der Waals surface area contributed by atoms with Crippen LogP contribution in [0.2, 0.25) is 0 Å². The third-order valence-electron chi connectivity index (χ3n) is 13.9. The van der Waals surface area contributed by atoms with Crippen LogP contribution in [0.5, 0.6) is 0 Å². The van der Waals surface area contributed by atoms with E-state index in [0.29, 0.717) is 0 Å². The average Bonchev–Trinajstić information content (AvgIpc) is 3.62. The van der Waals surface area contributed by atoms with Crippen LogP contribution in [0.3, 0.4) is 0 Å². The Morgan fingerprint density at radius 3 is 1.30 bits per heavy atom. The van der Waals surface area contributed by atoms with Crippen LogP contribution in [0.1, 0.15) is 25.0 Å². The minimum atomic E-state index is -0.0674. The molecule has 1 heteroatoms. The Bertz CT molecular complexity index is 3450. The number of anilines is 3. The van der Waals surface area contributed by atoms with Crippen molar-refractivity contribution >= 4 is 38.6 Å². The zero-order chi connectivity index (χ0) is 44.2. The van der Waals surface area contributed by atoms with Crippen LogP contribution >= 0.6 is 0 Å². The van der Waals surface area contributed by atoms with Crippen molar-refractivity contribution in [2.24, 2.45) is 0 Å². The Hall–Kier alpha value is -8.26. The van der Waals surface area contributed by atoms with Crippen molar-refractivity contribution in [2.75, 3.05) is 4.90 Å². The minimum Gasteiger partial charge on any atom is -0.311 e. The first-order valence-corrected chi connectivity index (χ1v) is 23.0. The van der Waals surface area contributed by atoms with Crippen LogP contribution in [-0.4, -0.2) is 0 Å². The molecule has 0 atom stereocenters. The van der Waals surface area contributed by atoms with Crippen LogP contribution in [0.15, 0.2) is 249 Å². The standard InChI is InChI=1S/C65H47N/c1-65(2)62-27-11-10-23-60(62)64-59(26-14-28-63(64)65)58-42-35-50(43-61(58)47-15-4-3-5-16-47)44-29-36-51(37-30-44)66(52-38-31-48(32-39-52)56-24-12-19-45-17-6-8-21-54(45)56)53-40-33-49(34-41-53)57-25-13-20-46-18-7-9-22-55(46)57/h3-43H,1-2H3. The fourth-order valence-corrected chi connectivity index (χ4v) is 10.6. The van der Waals surface area contributed by atoms with E-state index in [4.69, 9.17) is 0 Å². The first-order valence-electron chi connectivity index (χ1n) is 23.0. The van der Waals surface area contributed by atoms with Crippen LogP contribution in [0, 0.1) is 0 Å². The normalized spacial score (nSPS) is 12.5. The molecule has 0 bridgehead atoms. The van der Waals surface area contributed by atoms with Crippen LogP contribution in [0.25, 0.3) is 88.3 Å². The van der Waals surface area contributed by atoms with Crippen molar-refractivity contribution in [1.82, 2.24) is 0 Å². The number of nitrogens with zero attached hydrogens (tertiary/aromatic N) is 1. The number of fused-ring (bicyclic) bond motifs is 5. The highest BCUT2D eigenvalue weighted by Gasteiger charge is 2.36. The van der Waals surface area contributed by atoms with Gasteiger partial charge in [-0.15, -0.1) is 0 Å². The molecule has 0 spiro atoms. The Labute approximate surface area is 387 Å². The topological polar surface area (TPSA) is 3.24 Å². The quantitative estimate of drug-likeness (QED) is 0.147. The van der Waals surface area contributed by atoms with Crippen molar-refractivity contribution in [3.05, 3.63) is 260 Å². The maximum atomic E-state index is 2.39. The number of rotatable bonds is 8.